The van der Waals surface area contributed by atoms with Crippen molar-refractivity contribution >= 4 is 17.6 Å². The molecule has 4 aromatic rings. The number of benzene rings is 2. The highest BCUT2D eigenvalue weighted by atomic mass is 35.5. The minimum Gasteiger partial charge on any atom is -0.452 e. The molecular weight excluding hydrogens is 368 g/mol. The van der Waals surface area contributed by atoms with Crippen LogP contribution in [-0.4, -0.2) is 25.9 Å². The van der Waals surface area contributed by atoms with E-state index in [2.05, 4.69) is 15.3 Å². The van der Waals surface area contributed by atoms with Crippen molar-refractivity contribution in [1.82, 2.24) is 20.0 Å². The van der Waals surface area contributed by atoms with E-state index in [0.717, 1.165) is 11.3 Å². The summed E-state index contributed by atoms with van der Waals surface area (Å²) in [6.45, 7) is -0.129. The molecule has 2 aromatic carbocycles. The van der Waals surface area contributed by atoms with Crippen LogP contribution in [0.25, 0.3) is 17.1 Å². The van der Waals surface area contributed by atoms with Gasteiger partial charge in [-0.2, -0.15) is 5.10 Å². The van der Waals surface area contributed by atoms with Gasteiger partial charge >= 0.3 is 5.97 Å². The summed E-state index contributed by atoms with van der Waals surface area (Å²) in [5.41, 5.74) is 1.91. The lowest BCUT2D eigenvalue weighted by molar-refractivity contribution is 0.0438. The van der Waals surface area contributed by atoms with Gasteiger partial charge in [-0.25, -0.2) is 9.48 Å². The topological polar surface area (TPSA) is 83.0 Å². The molecule has 7 nitrogen and oxygen atoms in total. The molecule has 8 heteroatoms. The highest BCUT2D eigenvalue weighted by Crippen LogP contribution is 2.20. The van der Waals surface area contributed by atoms with Crippen LogP contribution >= 0.6 is 11.6 Å². The number of ether oxygens (including phenoxy) is 1. The number of hydrogen-bond donors (Lipinski definition) is 0. The highest BCUT2D eigenvalue weighted by molar-refractivity contribution is 6.30. The monoisotopic (exact) mass is 380 g/mol. The summed E-state index contributed by atoms with van der Waals surface area (Å²) in [5, 5.41) is 12.6. The fourth-order valence-corrected chi connectivity index (χ4v) is 2.51. The Balaban J connectivity index is 1.40. The predicted molar refractivity (Wildman–Crippen MR) is 97.4 cm³/mol. The molecule has 0 radical (unpaired) electrons. The molecule has 134 valence electrons. The molecule has 0 aliphatic rings. The third-order valence-electron chi connectivity index (χ3n) is 3.72. The van der Waals surface area contributed by atoms with Crippen LogP contribution in [0.2, 0.25) is 5.02 Å². The maximum absolute atomic E-state index is 12.2. The van der Waals surface area contributed by atoms with Crippen molar-refractivity contribution in [2.75, 3.05) is 0 Å². The summed E-state index contributed by atoms with van der Waals surface area (Å²) >= 11 is 5.86. The van der Waals surface area contributed by atoms with Crippen LogP contribution in [0.1, 0.15) is 16.2 Å². The quantitative estimate of drug-likeness (QED) is 0.488. The van der Waals surface area contributed by atoms with E-state index >= 15 is 0 Å². The van der Waals surface area contributed by atoms with Crippen molar-refractivity contribution in [3.05, 3.63) is 83.5 Å². The van der Waals surface area contributed by atoms with Gasteiger partial charge in [-0.15, -0.1) is 10.2 Å². The lowest BCUT2D eigenvalue weighted by Crippen LogP contribution is -2.04. The van der Waals surface area contributed by atoms with Crippen LogP contribution in [0.4, 0.5) is 0 Å². The van der Waals surface area contributed by atoms with E-state index in [9.17, 15) is 4.79 Å². The summed E-state index contributed by atoms with van der Waals surface area (Å²) in [6.07, 6.45) is 3.05. The molecule has 0 fully saturated rings. The maximum Gasteiger partial charge on any atom is 0.341 e. The van der Waals surface area contributed by atoms with E-state index in [1.165, 1.54) is 6.20 Å². The van der Waals surface area contributed by atoms with Crippen LogP contribution in [0.5, 0.6) is 0 Å². The van der Waals surface area contributed by atoms with Crippen molar-refractivity contribution in [3.63, 3.8) is 0 Å². The number of hydrogen-bond acceptors (Lipinski definition) is 6. The van der Waals surface area contributed by atoms with Crippen LogP contribution in [0.3, 0.4) is 0 Å². The third kappa shape index (κ3) is 3.88. The first-order valence-corrected chi connectivity index (χ1v) is 8.42. The summed E-state index contributed by atoms with van der Waals surface area (Å²) < 4.78 is 12.3. The molecule has 2 heterocycles. The lowest BCUT2D eigenvalue weighted by atomic mass is 10.2. The zero-order valence-electron chi connectivity index (χ0n) is 13.9. The Kier molecular flexibility index (Phi) is 4.67. The van der Waals surface area contributed by atoms with Gasteiger partial charge in [0, 0.05) is 16.8 Å². The number of aromatic nitrogens is 4. The average molecular weight is 381 g/mol. The molecule has 27 heavy (non-hydrogen) atoms. The summed E-state index contributed by atoms with van der Waals surface area (Å²) in [6, 6.07) is 16.5. The lowest BCUT2D eigenvalue weighted by Gasteiger charge is -2.00. The molecule has 2 aromatic heterocycles. The standard InChI is InChI=1S/C19H13ClN4O3/c20-15-8-6-13(7-9-15)18-23-22-17(27-18)12-26-19(25)14-10-21-24(11-14)16-4-2-1-3-5-16/h1-11H,12H2. The number of nitrogens with zero attached hydrogens (tertiary/aromatic N) is 4. The third-order valence-corrected chi connectivity index (χ3v) is 3.98. The SMILES string of the molecule is O=C(OCc1nnc(-c2ccc(Cl)cc2)o1)c1cnn(-c2ccccc2)c1. The molecule has 0 bridgehead atoms. The number of carbonyl (C=O) groups is 1. The second-order valence-electron chi connectivity index (χ2n) is 5.59. The molecule has 0 amide bonds. The smallest absolute Gasteiger partial charge is 0.341 e. The molecule has 0 aliphatic carbocycles. The van der Waals surface area contributed by atoms with E-state index in [1.807, 2.05) is 30.3 Å². The number of halogens is 1. The second kappa shape index (κ2) is 7.43. The van der Waals surface area contributed by atoms with Crippen LogP contribution in [-0.2, 0) is 11.3 Å². The van der Waals surface area contributed by atoms with Gasteiger partial charge < -0.3 is 9.15 Å². The van der Waals surface area contributed by atoms with E-state index in [0.29, 0.717) is 16.5 Å². The number of carbonyl (C=O) groups excluding carboxylic acids is 1. The molecule has 0 aliphatic heterocycles. The van der Waals surface area contributed by atoms with Crippen LogP contribution in [0.15, 0.2) is 71.4 Å². The molecule has 0 spiro atoms. The van der Waals surface area contributed by atoms with Gasteiger partial charge in [0.05, 0.1) is 17.4 Å². The van der Waals surface area contributed by atoms with Crippen molar-refractivity contribution in [2.45, 2.75) is 6.61 Å². The second-order valence-corrected chi connectivity index (χ2v) is 6.03. The average Bonchev–Trinajstić information content (AvgIpc) is 3.37. The first-order valence-electron chi connectivity index (χ1n) is 8.04. The fraction of sp³-hybridized carbons (Fsp3) is 0.0526. The van der Waals surface area contributed by atoms with E-state index < -0.39 is 5.97 Å². The first-order chi connectivity index (χ1) is 13.2. The Hall–Kier alpha value is -3.45. The van der Waals surface area contributed by atoms with Gasteiger partial charge in [0.25, 0.3) is 5.89 Å². The summed E-state index contributed by atoms with van der Waals surface area (Å²) in [7, 11) is 0. The molecular formula is C19H13ClN4O3. The minimum absolute atomic E-state index is 0.129. The fourth-order valence-electron chi connectivity index (χ4n) is 2.38. The van der Waals surface area contributed by atoms with E-state index in [-0.39, 0.29) is 12.5 Å². The summed E-state index contributed by atoms with van der Waals surface area (Å²) in [4.78, 5) is 12.2. The van der Waals surface area contributed by atoms with Crippen LogP contribution in [0, 0.1) is 0 Å². The Bertz CT molecular complexity index is 1060. The van der Waals surface area contributed by atoms with Gasteiger partial charge in [-0.05, 0) is 36.4 Å². The Morgan fingerprint density at radius 1 is 1.07 bits per heavy atom. The van der Waals surface area contributed by atoms with Crippen molar-refractivity contribution in [2.24, 2.45) is 0 Å². The van der Waals surface area contributed by atoms with Gasteiger partial charge in [0.1, 0.15) is 0 Å². The van der Waals surface area contributed by atoms with Gasteiger partial charge in [-0.3, -0.25) is 0 Å². The highest BCUT2D eigenvalue weighted by Gasteiger charge is 2.14. The predicted octanol–water partition coefficient (Wildman–Crippen LogP) is 3.93. The zero-order chi connectivity index (χ0) is 18.6. The van der Waals surface area contributed by atoms with E-state index in [1.54, 1.807) is 35.1 Å². The number of para-hydroxylation sites is 1. The Morgan fingerprint density at radius 2 is 1.85 bits per heavy atom. The number of esters is 1. The number of rotatable bonds is 5. The molecule has 4 rings (SSSR count). The normalized spacial score (nSPS) is 10.7. The largest absolute Gasteiger partial charge is 0.452 e. The van der Waals surface area contributed by atoms with E-state index in [4.69, 9.17) is 20.8 Å². The Labute approximate surface area is 159 Å². The molecule has 0 atom stereocenters. The molecule has 0 saturated carbocycles. The summed E-state index contributed by atoms with van der Waals surface area (Å²) in [5.74, 6) is 0.00166. The first kappa shape index (κ1) is 17.0. The van der Waals surface area contributed by atoms with Crippen LogP contribution < -0.4 is 0 Å². The minimum atomic E-state index is -0.525. The molecule has 0 unspecified atom stereocenters. The molecule has 0 saturated heterocycles. The van der Waals surface area contributed by atoms with Crippen molar-refractivity contribution < 1.29 is 13.9 Å². The maximum atomic E-state index is 12.2. The van der Waals surface area contributed by atoms with Gasteiger partial charge in [-0.1, -0.05) is 29.8 Å². The van der Waals surface area contributed by atoms with Crippen molar-refractivity contribution in [1.29, 1.82) is 0 Å². The van der Waals surface area contributed by atoms with Gasteiger partial charge in [0.15, 0.2) is 6.61 Å². The Morgan fingerprint density at radius 3 is 2.63 bits per heavy atom. The van der Waals surface area contributed by atoms with Crippen molar-refractivity contribution in [3.8, 4) is 17.1 Å². The van der Waals surface area contributed by atoms with Gasteiger partial charge in [0.2, 0.25) is 5.89 Å². The molecule has 0 N–H and O–H groups in total. The zero-order valence-corrected chi connectivity index (χ0v) is 14.7.